The fourth-order valence-corrected chi connectivity index (χ4v) is 4.37. The molecule has 0 radical (unpaired) electrons. The smallest absolute Gasteiger partial charge is 0.355 e. The second-order valence-electron chi connectivity index (χ2n) is 6.96. The van der Waals surface area contributed by atoms with Gasteiger partial charge in [0.2, 0.25) is 0 Å². The molecule has 0 atom stereocenters. The van der Waals surface area contributed by atoms with Crippen LogP contribution in [0, 0.1) is 13.8 Å². The molecule has 1 amide bonds. The van der Waals surface area contributed by atoms with Crippen molar-refractivity contribution < 1.29 is 19.1 Å². The molecule has 0 aliphatic heterocycles. The molecule has 3 rings (SSSR count). The maximum Gasteiger partial charge on any atom is 0.355 e. The van der Waals surface area contributed by atoms with E-state index in [1.54, 1.807) is 24.8 Å². The van der Waals surface area contributed by atoms with Gasteiger partial charge in [0.05, 0.1) is 18.0 Å². The van der Waals surface area contributed by atoms with Gasteiger partial charge in [0.1, 0.15) is 5.69 Å². The average Bonchev–Trinajstić information content (AvgIpc) is 3.28. The topological polar surface area (TPSA) is 68.6 Å². The van der Waals surface area contributed by atoms with Crippen LogP contribution >= 0.6 is 11.3 Å². The molecule has 7 heteroatoms. The summed E-state index contributed by atoms with van der Waals surface area (Å²) in [5.74, 6) is -0.649. The minimum Gasteiger partial charge on any atom is -0.461 e. The summed E-state index contributed by atoms with van der Waals surface area (Å²) in [4.78, 5) is 40.8. The van der Waals surface area contributed by atoms with Crippen LogP contribution in [0.4, 0.5) is 0 Å². The molecule has 1 saturated carbocycles. The molecule has 2 aromatic heterocycles. The molecule has 1 fully saturated rings. The van der Waals surface area contributed by atoms with E-state index in [1.165, 1.54) is 11.3 Å². The first kappa shape index (κ1) is 20.3. The van der Waals surface area contributed by atoms with Crippen molar-refractivity contribution in [3.8, 4) is 0 Å². The SMILES string of the molecule is CCOC(=O)c1c(C)c(C(=O)CN(C(=O)c2cccs2)C2CC2)c(C)n1CC. The zero-order chi connectivity index (χ0) is 20.4. The van der Waals surface area contributed by atoms with E-state index >= 15 is 0 Å². The number of Topliss-reactive ketones (excluding diaryl/α,β-unsaturated/α-hetero) is 1. The van der Waals surface area contributed by atoms with Gasteiger partial charge in [-0.1, -0.05) is 6.07 Å². The quantitative estimate of drug-likeness (QED) is 0.497. The highest BCUT2D eigenvalue weighted by Gasteiger charge is 2.36. The fraction of sp³-hybridized carbons (Fsp3) is 0.476. The van der Waals surface area contributed by atoms with E-state index in [0.717, 1.165) is 18.5 Å². The Morgan fingerprint density at radius 1 is 1.25 bits per heavy atom. The third kappa shape index (κ3) is 3.76. The lowest BCUT2D eigenvalue weighted by atomic mass is 10.0. The summed E-state index contributed by atoms with van der Waals surface area (Å²) < 4.78 is 7.00. The summed E-state index contributed by atoms with van der Waals surface area (Å²) in [6, 6.07) is 3.75. The number of rotatable bonds is 8. The number of ketones is 1. The van der Waals surface area contributed by atoms with E-state index in [-0.39, 0.29) is 30.9 Å². The van der Waals surface area contributed by atoms with Crippen LogP contribution in [0.5, 0.6) is 0 Å². The van der Waals surface area contributed by atoms with Crippen molar-refractivity contribution in [2.45, 2.75) is 53.1 Å². The summed E-state index contributed by atoms with van der Waals surface area (Å²) in [7, 11) is 0. The van der Waals surface area contributed by atoms with E-state index in [1.807, 2.05) is 29.9 Å². The van der Waals surface area contributed by atoms with Crippen LogP contribution in [0.25, 0.3) is 0 Å². The number of carbonyl (C=O) groups is 3. The Morgan fingerprint density at radius 2 is 1.96 bits per heavy atom. The zero-order valence-electron chi connectivity index (χ0n) is 16.8. The van der Waals surface area contributed by atoms with Crippen molar-refractivity contribution in [2.75, 3.05) is 13.2 Å². The first-order valence-corrected chi connectivity index (χ1v) is 10.5. The van der Waals surface area contributed by atoms with Gasteiger partial charge in [0.15, 0.2) is 5.78 Å². The fourth-order valence-electron chi connectivity index (χ4n) is 3.69. The summed E-state index contributed by atoms with van der Waals surface area (Å²) in [5.41, 5.74) is 2.32. The lowest BCUT2D eigenvalue weighted by Gasteiger charge is -2.21. The van der Waals surface area contributed by atoms with Gasteiger partial charge < -0.3 is 14.2 Å². The Hall–Kier alpha value is -2.41. The van der Waals surface area contributed by atoms with Crippen molar-refractivity contribution >= 4 is 29.0 Å². The first-order valence-electron chi connectivity index (χ1n) is 9.65. The Labute approximate surface area is 169 Å². The van der Waals surface area contributed by atoms with Crippen molar-refractivity contribution in [2.24, 2.45) is 0 Å². The van der Waals surface area contributed by atoms with E-state index in [0.29, 0.717) is 28.2 Å². The number of hydrogen-bond acceptors (Lipinski definition) is 5. The van der Waals surface area contributed by atoms with Crippen LogP contribution in [0.1, 0.15) is 68.5 Å². The number of amides is 1. The van der Waals surface area contributed by atoms with Crippen LogP contribution in [0.3, 0.4) is 0 Å². The van der Waals surface area contributed by atoms with Gasteiger partial charge in [0, 0.05) is 23.8 Å². The van der Waals surface area contributed by atoms with Crippen LogP contribution < -0.4 is 0 Å². The Bertz CT molecular complexity index is 894. The number of esters is 1. The second-order valence-corrected chi connectivity index (χ2v) is 7.91. The van der Waals surface area contributed by atoms with Crippen LogP contribution in [0.2, 0.25) is 0 Å². The third-order valence-corrected chi connectivity index (χ3v) is 5.98. The van der Waals surface area contributed by atoms with E-state index in [9.17, 15) is 14.4 Å². The lowest BCUT2D eigenvalue weighted by molar-refractivity contribution is 0.0512. The predicted molar refractivity (Wildman–Crippen MR) is 108 cm³/mol. The molecule has 2 aromatic rings. The maximum absolute atomic E-state index is 13.2. The standard InChI is InChI=1S/C21H26N2O4S/c1-5-22-14(4)18(13(3)19(22)21(26)27-6-2)16(24)12-23(15-9-10-15)20(25)17-8-7-11-28-17/h7-8,11,15H,5-6,9-10,12H2,1-4H3. The number of ether oxygens (including phenoxy) is 1. The Kier molecular flexibility index (Phi) is 6.03. The zero-order valence-corrected chi connectivity index (χ0v) is 17.6. The molecule has 28 heavy (non-hydrogen) atoms. The highest BCUT2D eigenvalue weighted by atomic mass is 32.1. The van der Waals surface area contributed by atoms with Crippen molar-refractivity contribution in [1.82, 2.24) is 9.47 Å². The predicted octanol–water partition coefficient (Wildman–Crippen LogP) is 3.85. The van der Waals surface area contributed by atoms with Crippen molar-refractivity contribution in [3.05, 3.63) is 44.9 Å². The van der Waals surface area contributed by atoms with Crippen molar-refractivity contribution in [1.29, 1.82) is 0 Å². The minimum absolute atomic E-state index is 0.0269. The minimum atomic E-state index is -0.419. The van der Waals surface area contributed by atoms with Gasteiger partial charge in [-0.2, -0.15) is 0 Å². The first-order chi connectivity index (χ1) is 13.4. The molecule has 0 N–H and O–H groups in total. The highest BCUT2D eigenvalue weighted by molar-refractivity contribution is 7.12. The van der Waals surface area contributed by atoms with Gasteiger partial charge >= 0.3 is 5.97 Å². The summed E-state index contributed by atoms with van der Waals surface area (Å²) >= 11 is 1.39. The molecule has 0 aromatic carbocycles. The molecule has 0 spiro atoms. The Balaban J connectivity index is 1.91. The van der Waals surface area contributed by atoms with Gasteiger partial charge in [-0.05, 0) is 57.5 Å². The normalized spacial score (nSPS) is 13.4. The molecule has 2 heterocycles. The summed E-state index contributed by atoms with van der Waals surface area (Å²) in [6.07, 6.45) is 1.85. The molecule has 0 saturated heterocycles. The molecule has 1 aliphatic carbocycles. The summed E-state index contributed by atoms with van der Waals surface area (Å²) in [6.45, 7) is 8.18. The highest BCUT2D eigenvalue weighted by Crippen LogP contribution is 2.30. The number of carbonyl (C=O) groups excluding carboxylic acids is 3. The number of nitrogens with zero attached hydrogens (tertiary/aromatic N) is 2. The van der Waals surface area contributed by atoms with Crippen LogP contribution in [-0.4, -0.2) is 46.3 Å². The van der Waals surface area contributed by atoms with Crippen LogP contribution in [-0.2, 0) is 11.3 Å². The average molecular weight is 403 g/mol. The number of thiophene rings is 1. The Morgan fingerprint density at radius 3 is 2.50 bits per heavy atom. The van der Waals surface area contributed by atoms with Gasteiger partial charge in [-0.15, -0.1) is 11.3 Å². The summed E-state index contributed by atoms with van der Waals surface area (Å²) in [5, 5.41) is 1.86. The molecule has 0 unspecified atom stereocenters. The van der Waals surface area contributed by atoms with Gasteiger partial charge in [0.25, 0.3) is 5.91 Å². The molecule has 1 aliphatic rings. The monoisotopic (exact) mass is 402 g/mol. The van der Waals surface area contributed by atoms with E-state index in [2.05, 4.69) is 0 Å². The molecular formula is C21H26N2O4S. The molecule has 150 valence electrons. The molecule has 0 bridgehead atoms. The van der Waals surface area contributed by atoms with E-state index in [4.69, 9.17) is 4.74 Å². The lowest BCUT2D eigenvalue weighted by Crippen LogP contribution is -2.37. The van der Waals surface area contributed by atoms with Crippen LogP contribution in [0.15, 0.2) is 17.5 Å². The number of hydrogen-bond donors (Lipinski definition) is 0. The van der Waals surface area contributed by atoms with Gasteiger partial charge in [-0.3, -0.25) is 9.59 Å². The second kappa shape index (κ2) is 8.31. The molecule has 6 nitrogen and oxygen atoms in total. The largest absolute Gasteiger partial charge is 0.461 e. The maximum atomic E-state index is 13.2. The van der Waals surface area contributed by atoms with E-state index < -0.39 is 5.97 Å². The van der Waals surface area contributed by atoms with Gasteiger partial charge in [-0.25, -0.2) is 4.79 Å². The van der Waals surface area contributed by atoms with Crippen molar-refractivity contribution in [3.63, 3.8) is 0 Å². The number of aromatic nitrogens is 1. The third-order valence-electron chi connectivity index (χ3n) is 5.13. The molecular weight excluding hydrogens is 376 g/mol.